The molecule has 0 spiro atoms. The molecule has 0 aliphatic heterocycles. The minimum atomic E-state index is 0.548. The topological polar surface area (TPSA) is 51.8 Å². The van der Waals surface area contributed by atoms with Gasteiger partial charge in [-0.2, -0.15) is 0 Å². The van der Waals surface area contributed by atoms with Crippen molar-refractivity contribution in [3.05, 3.63) is 224 Å². The van der Waals surface area contributed by atoms with E-state index >= 15 is 0 Å². The summed E-state index contributed by atoms with van der Waals surface area (Å²) in [7, 11) is 0. The molecule has 302 valence electrons. The van der Waals surface area contributed by atoms with Crippen LogP contribution in [0.25, 0.3) is 133 Å². The largest absolute Gasteiger partial charge is 0.455 e. The third kappa shape index (κ3) is 6.18. The predicted octanol–water partition coefficient (Wildman–Crippen LogP) is 16.4. The minimum absolute atomic E-state index is 0.548. The molecule has 4 heteroatoms. The van der Waals surface area contributed by atoms with Gasteiger partial charge in [-0.3, -0.25) is 0 Å². The van der Waals surface area contributed by atoms with Crippen LogP contribution in [0.3, 0.4) is 0 Å². The Kier molecular flexibility index (Phi) is 8.50. The number of nitrogens with zero attached hydrogens (tertiary/aromatic N) is 3. The van der Waals surface area contributed by atoms with Crippen molar-refractivity contribution in [3.8, 4) is 67.5 Å². The molecule has 0 N–H and O–H groups in total. The molecule has 2 aromatic heterocycles. The number of para-hydroxylation sites is 2. The molecule has 0 aliphatic rings. The SMILES string of the molecule is c1ccc(-c2cc(-c3ccc4cccc(-c5nc(-c6ccc(-c7cccc8ccccc78)c7ccccc67)nc(-c6cccc7c6oc6ccccc67)n5)c4c3)cc3ccccc23)cc1. The molecule has 0 amide bonds. The van der Waals surface area contributed by atoms with Crippen molar-refractivity contribution >= 4 is 65.0 Å². The molecule has 0 unspecified atom stereocenters. The van der Waals surface area contributed by atoms with E-state index in [0.717, 1.165) is 76.9 Å². The van der Waals surface area contributed by atoms with Gasteiger partial charge in [0.25, 0.3) is 0 Å². The van der Waals surface area contributed by atoms with Crippen LogP contribution in [0.1, 0.15) is 0 Å². The lowest BCUT2D eigenvalue weighted by atomic mass is 9.91. The van der Waals surface area contributed by atoms with E-state index < -0.39 is 0 Å². The van der Waals surface area contributed by atoms with Crippen molar-refractivity contribution in [2.24, 2.45) is 0 Å². The molecule has 0 aliphatic carbocycles. The Morgan fingerprint density at radius 3 is 1.54 bits per heavy atom. The molecule has 0 fully saturated rings. The zero-order valence-corrected chi connectivity index (χ0v) is 35.1. The van der Waals surface area contributed by atoms with Gasteiger partial charge in [-0.1, -0.05) is 188 Å². The van der Waals surface area contributed by atoms with E-state index in [9.17, 15) is 0 Å². The summed E-state index contributed by atoms with van der Waals surface area (Å²) in [6.07, 6.45) is 0. The van der Waals surface area contributed by atoms with Gasteiger partial charge in [0.05, 0.1) is 5.56 Å². The van der Waals surface area contributed by atoms with E-state index in [1.54, 1.807) is 0 Å². The molecule has 0 bridgehead atoms. The maximum Gasteiger partial charge on any atom is 0.167 e. The third-order valence-electron chi connectivity index (χ3n) is 12.9. The van der Waals surface area contributed by atoms with Gasteiger partial charge < -0.3 is 4.42 Å². The van der Waals surface area contributed by atoms with E-state index in [-0.39, 0.29) is 0 Å². The van der Waals surface area contributed by atoms with Gasteiger partial charge in [0, 0.05) is 21.9 Å². The van der Waals surface area contributed by atoms with Gasteiger partial charge in [0.1, 0.15) is 11.2 Å². The third-order valence-corrected chi connectivity index (χ3v) is 12.9. The van der Waals surface area contributed by atoms with Crippen LogP contribution in [0.15, 0.2) is 229 Å². The van der Waals surface area contributed by atoms with E-state index in [2.05, 4.69) is 206 Å². The molecule has 0 saturated carbocycles. The Morgan fingerprint density at radius 2 is 0.754 bits per heavy atom. The fourth-order valence-electron chi connectivity index (χ4n) is 9.83. The molecule has 13 aromatic rings. The summed E-state index contributed by atoms with van der Waals surface area (Å²) < 4.78 is 6.61. The number of benzene rings is 11. The number of aromatic nitrogens is 3. The van der Waals surface area contributed by atoms with Crippen LogP contribution < -0.4 is 0 Å². The highest BCUT2D eigenvalue weighted by Gasteiger charge is 2.21. The molecule has 0 atom stereocenters. The molecule has 0 radical (unpaired) electrons. The fourth-order valence-corrected chi connectivity index (χ4v) is 9.83. The van der Waals surface area contributed by atoms with Crippen LogP contribution in [0.4, 0.5) is 0 Å². The van der Waals surface area contributed by atoms with Gasteiger partial charge in [-0.15, -0.1) is 0 Å². The first kappa shape index (κ1) is 36.9. The number of furan rings is 1. The Bertz CT molecular complexity index is 4010. The second kappa shape index (κ2) is 15.0. The van der Waals surface area contributed by atoms with E-state index in [1.807, 2.05) is 18.2 Å². The summed E-state index contributed by atoms with van der Waals surface area (Å²) in [5, 5.41) is 11.3. The number of hydrogen-bond acceptors (Lipinski definition) is 4. The van der Waals surface area contributed by atoms with Crippen molar-refractivity contribution in [2.45, 2.75) is 0 Å². The molecule has 11 aromatic carbocycles. The van der Waals surface area contributed by atoms with E-state index in [4.69, 9.17) is 19.4 Å². The highest BCUT2D eigenvalue weighted by Crippen LogP contribution is 2.42. The number of hydrogen-bond donors (Lipinski definition) is 0. The Labute approximate surface area is 374 Å². The zero-order valence-electron chi connectivity index (χ0n) is 35.1. The minimum Gasteiger partial charge on any atom is -0.455 e. The zero-order chi connectivity index (χ0) is 42.8. The summed E-state index contributed by atoms with van der Waals surface area (Å²) in [6, 6.07) is 79.5. The average molecular weight is 828 g/mol. The normalized spacial score (nSPS) is 11.7. The van der Waals surface area contributed by atoms with Crippen LogP contribution in [0.5, 0.6) is 0 Å². The van der Waals surface area contributed by atoms with Gasteiger partial charge in [-0.05, 0) is 113 Å². The Balaban J connectivity index is 1.04. The molecular weight excluding hydrogens is 791 g/mol. The smallest absolute Gasteiger partial charge is 0.167 e. The lowest BCUT2D eigenvalue weighted by Gasteiger charge is -2.15. The van der Waals surface area contributed by atoms with Crippen LogP contribution in [0.2, 0.25) is 0 Å². The summed E-state index contributed by atoms with van der Waals surface area (Å²) in [5.41, 5.74) is 11.2. The van der Waals surface area contributed by atoms with E-state index in [0.29, 0.717) is 17.5 Å². The quantitative estimate of drug-likeness (QED) is 0.168. The lowest BCUT2D eigenvalue weighted by molar-refractivity contribution is 0.669. The Hall–Kier alpha value is -8.73. The van der Waals surface area contributed by atoms with Gasteiger partial charge in [0.15, 0.2) is 17.5 Å². The van der Waals surface area contributed by atoms with Crippen LogP contribution in [0, 0.1) is 0 Å². The van der Waals surface area contributed by atoms with E-state index in [1.165, 1.54) is 38.2 Å². The van der Waals surface area contributed by atoms with Crippen LogP contribution >= 0.6 is 0 Å². The van der Waals surface area contributed by atoms with Crippen molar-refractivity contribution in [2.75, 3.05) is 0 Å². The Morgan fingerprint density at radius 1 is 0.246 bits per heavy atom. The molecular formula is C61H37N3O. The first-order chi connectivity index (χ1) is 32.2. The molecule has 13 rings (SSSR count). The van der Waals surface area contributed by atoms with Crippen molar-refractivity contribution < 1.29 is 4.42 Å². The van der Waals surface area contributed by atoms with Gasteiger partial charge in [-0.25, -0.2) is 15.0 Å². The van der Waals surface area contributed by atoms with Crippen molar-refractivity contribution in [1.29, 1.82) is 0 Å². The predicted molar refractivity (Wildman–Crippen MR) is 270 cm³/mol. The van der Waals surface area contributed by atoms with Gasteiger partial charge in [0.2, 0.25) is 0 Å². The highest BCUT2D eigenvalue weighted by molar-refractivity contribution is 6.11. The highest BCUT2D eigenvalue weighted by atomic mass is 16.3. The second-order valence-corrected chi connectivity index (χ2v) is 16.7. The lowest BCUT2D eigenvalue weighted by Crippen LogP contribution is -2.01. The summed E-state index contributed by atoms with van der Waals surface area (Å²) in [5.74, 6) is 1.73. The summed E-state index contributed by atoms with van der Waals surface area (Å²) in [6.45, 7) is 0. The van der Waals surface area contributed by atoms with Crippen LogP contribution in [-0.4, -0.2) is 15.0 Å². The van der Waals surface area contributed by atoms with Gasteiger partial charge >= 0.3 is 0 Å². The molecule has 0 saturated heterocycles. The molecule has 4 nitrogen and oxygen atoms in total. The fraction of sp³-hybridized carbons (Fsp3) is 0. The maximum atomic E-state index is 6.61. The molecule has 2 heterocycles. The maximum absolute atomic E-state index is 6.61. The first-order valence-corrected chi connectivity index (χ1v) is 22.0. The average Bonchev–Trinajstić information content (AvgIpc) is 3.77. The first-order valence-electron chi connectivity index (χ1n) is 22.0. The standard InChI is InChI=1S/C61H37N3O/c1-2-15-39(16-3-1)55-37-43(35-42-18-5-7-22-45(42)55)41-32-31-40-20-13-28-52(56(40)36-41)59-62-60(64-61(63-59)54-29-14-27-51-50-25-10-11-30-57(50)65-58(51)54)53-34-33-49(47-23-8-9-24-48(47)53)46-26-12-19-38-17-4-6-21-44(38)46/h1-37H. The molecule has 65 heavy (non-hydrogen) atoms. The summed E-state index contributed by atoms with van der Waals surface area (Å²) in [4.78, 5) is 16.1. The number of fused-ring (bicyclic) bond motifs is 7. The monoisotopic (exact) mass is 827 g/mol. The van der Waals surface area contributed by atoms with Crippen molar-refractivity contribution in [1.82, 2.24) is 15.0 Å². The van der Waals surface area contributed by atoms with Crippen molar-refractivity contribution in [3.63, 3.8) is 0 Å². The van der Waals surface area contributed by atoms with Crippen LogP contribution in [-0.2, 0) is 0 Å². The number of rotatable bonds is 6. The summed E-state index contributed by atoms with van der Waals surface area (Å²) >= 11 is 0. The second-order valence-electron chi connectivity index (χ2n) is 16.7.